The van der Waals surface area contributed by atoms with Gasteiger partial charge in [0.2, 0.25) is 5.91 Å². The molecule has 0 spiro atoms. The highest BCUT2D eigenvalue weighted by Gasteiger charge is 2.24. The number of carbonyl (C=O) groups is 1. The van der Waals surface area contributed by atoms with Crippen LogP contribution in [0.1, 0.15) is 12.8 Å². The highest BCUT2D eigenvalue weighted by Crippen LogP contribution is 2.12. The van der Waals surface area contributed by atoms with Crippen LogP contribution in [0, 0.1) is 0 Å². The van der Waals surface area contributed by atoms with Gasteiger partial charge >= 0.3 is 0 Å². The summed E-state index contributed by atoms with van der Waals surface area (Å²) in [6.45, 7) is 1.54. The smallest absolute Gasteiger partial charge is 0.223 e. The van der Waals surface area contributed by atoms with Crippen molar-refractivity contribution in [1.29, 1.82) is 0 Å². The van der Waals surface area contributed by atoms with Crippen molar-refractivity contribution in [2.45, 2.75) is 18.9 Å². The minimum absolute atomic E-state index is 0.143. The van der Waals surface area contributed by atoms with E-state index in [0.29, 0.717) is 12.3 Å². The molecule has 1 aliphatic rings. The quantitative estimate of drug-likeness (QED) is 0.620. The molecule has 3 nitrogen and oxygen atoms in total. The van der Waals surface area contributed by atoms with Gasteiger partial charge in [-0.2, -0.15) is 0 Å². The number of hydrogen-bond acceptors (Lipinski definition) is 2. The van der Waals surface area contributed by atoms with Gasteiger partial charge in [-0.15, -0.1) is 11.6 Å². The van der Waals surface area contributed by atoms with Crippen molar-refractivity contribution in [3.8, 4) is 0 Å². The Morgan fingerprint density at radius 1 is 1.75 bits per heavy atom. The van der Waals surface area contributed by atoms with Crippen LogP contribution in [0.4, 0.5) is 0 Å². The minimum atomic E-state index is 0.143. The van der Waals surface area contributed by atoms with Crippen LogP contribution < -0.4 is 0 Å². The van der Waals surface area contributed by atoms with Gasteiger partial charge in [-0.25, -0.2) is 0 Å². The van der Waals surface area contributed by atoms with Crippen LogP contribution in [0.15, 0.2) is 0 Å². The van der Waals surface area contributed by atoms with Gasteiger partial charge in [0.15, 0.2) is 0 Å². The molecule has 12 heavy (non-hydrogen) atoms. The SMILES string of the molecule is COC1CCN(C(=O)CCCl)C1. The number of halogens is 1. The van der Waals surface area contributed by atoms with E-state index < -0.39 is 0 Å². The normalized spacial score (nSPS) is 23.2. The molecule has 0 aromatic carbocycles. The van der Waals surface area contributed by atoms with E-state index in [0.717, 1.165) is 19.5 Å². The predicted molar refractivity (Wildman–Crippen MR) is 47.3 cm³/mol. The molecule has 1 aliphatic heterocycles. The Labute approximate surface area is 77.6 Å². The van der Waals surface area contributed by atoms with Gasteiger partial charge < -0.3 is 9.64 Å². The minimum Gasteiger partial charge on any atom is -0.380 e. The highest BCUT2D eigenvalue weighted by atomic mass is 35.5. The van der Waals surface area contributed by atoms with Gasteiger partial charge in [0, 0.05) is 32.5 Å². The Morgan fingerprint density at radius 2 is 2.50 bits per heavy atom. The van der Waals surface area contributed by atoms with E-state index in [1.807, 2.05) is 4.90 Å². The van der Waals surface area contributed by atoms with Crippen molar-refractivity contribution in [2.24, 2.45) is 0 Å². The van der Waals surface area contributed by atoms with Crippen LogP contribution in [-0.2, 0) is 9.53 Å². The molecule has 0 aliphatic carbocycles. The van der Waals surface area contributed by atoms with Gasteiger partial charge in [-0.1, -0.05) is 0 Å². The van der Waals surface area contributed by atoms with Crippen molar-refractivity contribution >= 4 is 17.5 Å². The third-order valence-corrected chi connectivity index (χ3v) is 2.33. The summed E-state index contributed by atoms with van der Waals surface area (Å²) < 4.78 is 5.14. The van der Waals surface area contributed by atoms with E-state index in [-0.39, 0.29) is 12.0 Å². The second-order valence-corrected chi connectivity index (χ2v) is 3.30. The van der Waals surface area contributed by atoms with Crippen LogP contribution in [0.2, 0.25) is 0 Å². The van der Waals surface area contributed by atoms with E-state index in [1.54, 1.807) is 7.11 Å². The Kier molecular flexibility index (Phi) is 3.82. The van der Waals surface area contributed by atoms with Gasteiger partial charge in [0.1, 0.15) is 0 Å². The lowest BCUT2D eigenvalue weighted by Gasteiger charge is -2.14. The lowest BCUT2D eigenvalue weighted by molar-refractivity contribution is -0.130. The fourth-order valence-corrected chi connectivity index (χ4v) is 1.55. The lowest BCUT2D eigenvalue weighted by atomic mass is 10.3. The van der Waals surface area contributed by atoms with Gasteiger partial charge in [-0.3, -0.25) is 4.79 Å². The third-order valence-electron chi connectivity index (χ3n) is 2.14. The summed E-state index contributed by atoms with van der Waals surface area (Å²) in [5.74, 6) is 0.553. The molecule has 0 radical (unpaired) electrons. The molecule has 70 valence electrons. The molecule has 1 heterocycles. The molecule has 0 aromatic heterocycles. The fraction of sp³-hybridized carbons (Fsp3) is 0.875. The number of alkyl halides is 1. The average Bonchev–Trinajstić information content (AvgIpc) is 2.52. The molecule has 1 saturated heterocycles. The molecule has 1 amide bonds. The zero-order valence-electron chi connectivity index (χ0n) is 7.25. The van der Waals surface area contributed by atoms with E-state index in [2.05, 4.69) is 0 Å². The standard InChI is InChI=1S/C8H14ClNO2/c1-12-7-3-5-10(6-7)8(11)2-4-9/h7H,2-6H2,1H3. The van der Waals surface area contributed by atoms with Crippen LogP contribution in [-0.4, -0.2) is 43.0 Å². The highest BCUT2D eigenvalue weighted by molar-refractivity contribution is 6.18. The van der Waals surface area contributed by atoms with Crippen molar-refractivity contribution in [1.82, 2.24) is 4.90 Å². The van der Waals surface area contributed by atoms with Crippen molar-refractivity contribution < 1.29 is 9.53 Å². The van der Waals surface area contributed by atoms with E-state index >= 15 is 0 Å². The maximum atomic E-state index is 11.3. The van der Waals surface area contributed by atoms with Crippen LogP contribution in [0.3, 0.4) is 0 Å². The summed E-state index contributed by atoms with van der Waals surface area (Å²) in [5, 5.41) is 0. The molecule has 0 N–H and O–H groups in total. The molecule has 1 unspecified atom stereocenters. The first kappa shape index (κ1) is 9.81. The Bertz CT molecular complexity index is 163. The van der Waals surface area contributed by atoms with Crippen molar-refractivity contribution in [2.75, 3.05) is 26.1 Å². The second kappa shape index (κ2) is 4.67. The number of carbonyl (C=O) groups excluding carboxylic acids is 1. The van der Waals surface area contributed by atoms with Gasteiger partial charge in [-0.05, 0) is 6.42 Å². The number of nitrogens with zero attached hydrogens (tertiary/aromatic N) is 1. The average molecular weight is 192 g/mol. The summed E-state index contributed by atoms with van der Waals surface area (Å²) in [4.78, 5) is 13.1. The maximum Gasteiger partial charge on any atom is 0.223 e. The number of amides is 1. The maximum absolute atomic E-state index is 11.3. The van der Waals surface area contributed by atoms with Crippen molar-refractivity contribution in [3.05, 3.63) is 0 Å². The monoisotopic (exact) mass is 191 g/mol. The Hall–Kier alpha value is -0.280. The molecule has 1 rings (SSSR count). The summed E-state index contributed by atoms with van der Waals surface area (Å²) in [6.07, 6.45) is 1.62. The van der Waals surface area contributed by atoms with Crippen LogP contribution in [0.25, 0.3) is 0 Å². The summed E-state index contributed by atoms with van der Waals surface area (Å²) in [7, 11) is 1.68. The van der Waals surface area contributed by atoms with E-state index in [9.17, 15) is 4.79 Å². The van der Waals surface area contributed by atoms with Gasteiger partial charge in [0.25, 0.3) is 0 Å². The largest absolute Gasteiger partial charge is 0.380 e. The summed E-state index contributed by atoms with van der Waals surface area (Å²) in [6, 6.07) is 0. The van der Waals surface area contributed by atoms with Gasteiger partial charge in [0.05, 0.1) is 6.10 Å². The fourth-order valence-electron chi connectivity index (χ4n) is 1.39. The first-order valence-corrected chi connectivity index (χ1v) is 4.68. The molecule has 0 aromatic rings. The zero-order chi connectivity index (χ0) is 8.97. The number of ether oxygens (including phenoxy) is 1. The molecular formula is C8H14ClNO2. The van der Waals surface area contributed by atoms with E-state index in [1.165, 1.54) is 0 Å². The zero-order valence-corrected chi connectivity index (χ0v) is 8.01. The second-order valence-electron chi connectivity index (χ2n) is 2.93. The first-order valence-electron chi connectivity index (χ1n) is 4.14. The summed E-state index contributed by atoms with van der Waals surface area (Å²) >= 11 is 5.47. The Balaban J connectivity index is 2.31. The molecular weight excluding hydrogens is 178 g/mol. The van der Waals surface area contributed by atoms with E-state index in [4.69, 9.17) is 16.3 Å². The lowest BCUT2D eigenvalue weighted by Crippen LogP contribution is -2.29. The molecule has 4 heteroatoms. The first-order chi connectivity index (χ1) is 5.77. The molecule has 1 fully saturated rings. The predicted octanol–water partition coefficient (Wildman–Crippen LogP) is 0.863. The molecule has 0 bridgehead atoms. The molecule has 1 atom stereocenters. The number of methoxy groups -OCH3 is 1. The number of likely N-dealkylation sites (tertiary alicyclic amines) is 1. The molecule has 0 saturated carbocycles. The van der Waals surface area contributed by atoms with Crippen LogP contribution >= 0.6 is 11.6 Å². The topological polar surface area (TPSA) is 29.5 Å². The third kappa shape index (κ3) is 2.35. The Morgan fingerprint density at radius 3 is 3.00 bits per heavy atom. The van der Waals surface area contributed by atoms with Crippen LogP contribution in [0.5, 0.6) is 0 Å². The number of hydrogen-bond donors (Lipinski definition) is 0. The summed E-state index contributed by atoms with van der Waals surface area (Å²) in [5.41, 5.74) is 0. The van der Waals surface area contributed by atoms with Crippen molar-refractivity contribution in [3.63, 3.8) is 0 Å². The number of rotatable bonds is 3.